The van der Waals surface area contributed by atoms with Gasteiger partial charge < -0.3 is 10.2 Å². The van der Waals surface area contributed by atoms with Crippen molar-refractivity contribution in [3.63, 3.8) is 0 Å². The molecule has 1 aromatic heterocycles. The summed E-state index contributed by atoms with van der Waals surface area (Å²) in [5, 5.41) is 11.7. The van der Waals surface area contributed by atoms with Crippen molar-refractivity contribution in [2.45, 2.75) is 73.6 Å². The van der Waals surface area contributed by atoms with Crippen molar-refractivity contribution in [1.82, 2.24) is 9.88 Å². The summed E-state index contributed by atoms with van der Waals surface area (Å²) >= 11 is 1.73. The van der Waals surface area contributed by atoms with Crippen LogP contribution in [-0.2, 0) is 11.2 Å². The first kappa shape index (κ1) is 39.8. The quantitative estimate of drug-likeness (QED) is 0.127. The number of thioether (sulfide) groups is 1. The van der Waals surface area contributed by atoms with Crippen LogP contribution in [-0.4, -0.2) is 54.0 Å². The highest BCUT2D eigenvalue weighted by Gasteiger charge is 2.16. The van der Waals surface area contributed by atoms with E-state index < -0.39 is 0 Å². The van der Waals surface area contributed by atoms with Gasteiger partial charge in [0, 0.05) is 56.7 Å². The first-order chi connectivity index (χ1) is 22.0. The van der Waals surface area contributed by atoms with Gasteiger partial charge >= 0.3 is 0 Å². The van der Waals surface area contributed by atoms with Gasteiger partial charge in [0.2, 0.25) is 0 Å². The number of nitrogens with zero attached hydrogens (tertiary/aromatic N) is 4. The molecule has 0 saturated carbocycles. The summed E-state index contributed by atoms with van der Waals surface area (Å²) in [5.41, 5.74) is 8.26. The number of rotatable bonds is 11. The molecule has 0 spiro atoms. The van der Waals surface area contributed by atoms with Gasteiger partial charge in [-0.2, -0.15) is 5.26 Å². The van der Waals surface area contributed by atoms with Gasteiger partial charge in [-0.05, 0) is 87.7 Å². The number of hydrogen-bond acceptors (Lipinski definition) is 7. The van der Waals surface area contributed by atoms with E-state index in [1.807, 2.05) is 45.2 Å². The van der Waals surface area contributed by atoms with E-state index in [-0.39, 0.29) is 11.7 Å². The van der Waals surface area contributed by atoms with Crippen molar-refractivity contribution in [1.29, 1.82) is 5.26 Å². The van der Waals surface area contributed by atoms with Crippen LogP contribution in [0.1, 0.15) is 88.7 Å². The number of benzene rings is 2. The molecule has 0 atom stereocenters. The van der Waals surface area contributed by atoms with Crippen LogP contribution in [0.5, 0.6) is 0 Å². The summed E-state index contributed by atoms with van der Waals surface area (Å²) in [6, 6.07) is 19.9. The van der Waals surface area contributed by atoms with Crippen molar-refractivity contribution in [2.75, 3.05) is 32.7 Å². The number of pyridine rings is 1. The molecule has 0 aliphatic rings. The first-order valence-corrected chi connectivity index (χ1v) is 17.0. The fourth-order valence-electron chi connectivity index (χ4n) is 4.51. The lowest BCUT2D eigenvalue weighted by molar-refractivity contribution is -0.111. The van der Waals surface area contributed by atoms with Gasteiger partial charge in [-0.15, -0.1) is 11.8 Å². The maximum absolute atomic E-state index is 12.3. The molecule has 0 radical (unpaired) electrons. The molecule has 3 rings (SSSR count). The minimum absolute atomic E-state index is 0.0443. The number of allylic oxidation sites excluding steroid dienone is 2. The van der Waals surface area contributed by atoms with Crippen molar-refractivity contribution in [3.05, 3.63) is 83.1 Å². The lowest BCUT2D eigenvalue weighted by atomic mass is 9.92. The Balaban J connectivity index is 0.000000472. The molecule has 0 bridgehead atoms. The molecule has 3 aromatic rings. The van der Waals surface area contributed by atoms with Crippen LogP contribution in [0.4, 0.5) is 11.4 Å². The van der Waals surface area contributed by atoms with Gasteiger partial charge in [-0.25, -0.2) is 4.99 Å². The number of aromatic nitrogens is 1. The Bertz CT molecular complexity index is 1500. The van der Waals surface area contributed by atoms with Gasteiger partial charge in [0.05, 0.1) is 28.1 Å². The summed E-state index contributed by atoms with van der Waals surface area (Å²) in [6.45, 7) is 11.4. The highest BCUT2D eigenvalue weighted by molar-refractivity contribution is 8.13. The zero-order valence-electron chi connectivity index (χ0n) is 29.3. The summed E-state index contributed by atoms with van der Waals surface area (Å²) in [6.07, 6.45) is 9.20. The number of aryl methyl sites for hydroxylation is 1. The van der Waals surface area contributed by atoms with E-state index in [0.29, 0.717) is 5.56 Å². The highest BCUT2D eigenvalue weighted by Crippen LogP contribution is 2.32. The number of amides is 1. The predicted octanol–water partition coefficient (Wildman–Crippen LogP) is 9.63. The third-order valence-electron chi connectivity index (χ3n) is 7.13. The van der Waals surface area contributed by atoms with E-state index in [1.165, 1.54) is 41.7 Å². The third-order valence-corrected chi connectivity index (χ3v) is 7.98. The fraction of sp³-hybridized carbons (Fsp3) is 0.395. The molecule has 1 amide bonds. The maximum Gasteiger partial charge on any atom is 0.254 e. The van der Waals surface area contributed by atoms with E-state index in [2.05, 4.69) is 59.7 Å². The third kappa shape index (κ3) is 12.6. The minimum Gasteiger partial charge on any atom is -0.388 e. The molecule has 1 heterocycles. The fourth-order valence-corrected chi connectivity index (χ4v) is 4.99. The molecule has 46 heavy (non-hydrogen) atoms. The summed E-state index contributed by atoms with van der Waals surface area (Å²) < 4.78 is 0. The summed E-state index contributed by atoms with van der Waals surface area (Å²) in [5.74, 6) is -0.0384. The molecule has 0 aliphatic heterocycles. The average molecular weight is 642 g/mol. The second-order valence-corrected chi connectivity index (χ2v) is 11.6. The van der Waals surface area contributed by atoms with E-state index in [4.69, 9.17) is 5.26 Å². The van der Waals surface area contributed by atoms with E-state index >= 15 is 0 Å². The van der Waals surface area contributed by atoms with Gasteiger partial charge in [-0.1, -0.05) is 51.0 Å². The number of nitriles is 1. The number of hydrogen-bond donors (Lipinski definition) is 1. The zero-order valence-corrected chi connectivity index (χ0v) is 30.1. The average Bonchev–Trinajstić information content (AvgIpc) is 3.06. The molecule has 0 fully saturated rings. The van der Waals surface area contributed by atoms with Crippen LogP contribution in [0.2, 0.25) is 0 Å². The Morgan fingerprint density at radius 2 is 1.65 bits per heavy atom. The number of carbonyl (C=O) groups is 2. The molecule has 1 N–H and O–H groups in total. The minimum atomic E-state index is -0.0827. The Labute approximate surface area is 281 Å². The Morgan fingerprint density at radius 1 is 1.00 bits per heavy atom. The molecule has 0 aliphatic carbocycles. The molecule has 0 unspecified atom stereocenters. The SMILES string of the molecule is CC#N.CCC(C)=C(C(C)=O)c1cc(-c2ccc(C(=O)N(C)C)cn2)ccc1NC.CCCCc1ccc(N=C(CC)SC)cc1. The Kier molecular flexibility index (Phi) is 18.6. The zero-order chi connectivity index (χ0) is 34.6. The molecule has 0 saturated heterocycles. The van der Waals surface area contributed by atoms with Crippen LogP contribution in [0.3, 0.4) is 0 Å². The van der Waals surface area contributed by atoms with E-state index in [9.17, 15) is 9.59 Å². The standard InChI is InChI=1S/C22H27N3O2.C14H21NS.C2H3N/c1-7-14(2)21(15(3)26)18-12-16(8-11-20(18)23-4)19-10-9-17(13-24-19)22(27)25(5)6;1-4-6-7-12-8-10-13(11-9-12)15-14(5-2)16-3;1-2-3/h8-13,23H,7H2,1-6H3;8-11H,4-7H2,1-3H3;1H3. The molecule has 7 nitrogen and oxygen atoms in total. The van der Waals surface area contributed by atoms with Crippen LogP contribution in [0.25, 0.3) is 16.8 Å². The lowest BCUT2D eigenvalue weighted by Gasteiger charge is -2.15. The number of carbonyl (C=O) groups excluding carboxylic acids is 2. The van der Waals surface area contributed by atoms with E-state index in [1.54, 1.807) is 51.1 Å². The molecular weight excluding hydrogens is 591 g/mol. The Morgan fingerprint density at radius 3 is 2.11 bits per heavy atom. The van der Waals surface area contributed by atoms with Gasteiger partial charge in [0.15, 0.2) is 5.78 Å². The maximum atomic E-state index is 12.3. The topological polar surface area (TPSA) is 98.5 Å². The number of nitrogens with one attached hydrogen (secondary N) is 1. The second-order valence-electron chi connectivity index (χ2n) is 10.8. The van der Waals surface area contributed by atoms with Gasteiger partial charge in [0.25, 0.3) is 5.91 Å². The number of unbranched alkanes of at least 4 members (excludes halogenated alkanes) is 1. The van der Waals surface area contributed by atoms with Crippen molar-refractivity contribution in [3.8, 4) is 17.3 Å². The molecule has 8 heteroatoms. The van der Waals surface area contributed by atoms with Crippen molar-refractivity contribution in [2.24, 2.45) is 4.99 Å². The highest BCUT2D eigenvalue weighted by atomic mass is 32.2. The summed E-state index contributed by atoms with van der Waals surface area (Å²) in [7, 11) is 5.27. The number of aliphatic imine (C=N–C) groups is 1. The monoisotopic (exact) mass is 641 g/mol. The summed E-state index contributed by atoms with van der Waals surface area (Å²) in [4.78, 5) is 34.9. The number of ketones is 1. The largest absolute Gasteiger partial charge is 0.388 e. The van der Waals surface area contributed by atoms with Crippen LogP contribution in [0, 0.1) is 11.3 Å². The normalized spacial score (nSPS) is 11.1. The van der Waals surface area contributed by atoms with Crippen molar-refractivity contribution >= 4 is 45.4 Å². The molecule has 2 aromatic carbocycles. The smallest absolute Gasteiger partial charge is 0.254 e. The Hall–Kier alpha value is -4.22. The van der Waals surface area contributed by atoms with Crippen LogP contribution in [0.15, 0.2) is 71.4 Å². The van der Waals surface area contributed by atoms with Crippen LogP contribution < -0.4 is 5.32 Å². The number of Topliss-reactive ketones (excluding diaryl/α,β-unsaturated/α-hetero) is 1. The van der Waals surface area contributed by atoms with Gasteiger partial charge in [0.1, 0.15) is 0 Å². The second kappa shape index (κ2) is 21.5. The number of anilines is 1. The first-order valence-electron chi connectivity index (χ1n) is 15.7. The molecular formula is C38H51N5O2S. The predicted molar refractivity (Wildman–Crippen MR) is 198 cm³/mol. The lowest BCUT2D eigenvalue weighted by Crippen LogP contribution is -2.21. The van der Waals surface area contributed by atoms with E-state index in [0.717, 1.165) is 52.2 Å². The van der Waals surface area contributed by atoms with Gasteiger partial charge in [-0.3, -0.25) is 14.6 Å². The van der Waals surface area contributed by atoms with Crippen LogP contribution >= 0.6 is 11.8 Å². The van der Waals surface area contributed by atoms with Crippen molar-refractivity contribution < 1.29 is 9.59 Å². The molecule has 246 valence electrons.